The number of esters is 1. The molecule has 0 aromatic rings. The topological polar surface area (TPSA) is 72.5 Å². The Balaban J connectivity index is 0. The van der Waals surface area contributed by atoms with Gasteiger partial charge in [-0.1, -0.05) is 13.3 Å². The molecule has 0 saturated heterocycles. The maximum atomic E-state index is 10.9. The summed E-state index contributed by atoms with van der Waals surface area (Å²) in [6.07, 6.45) is 0.294. The summed E-state index contributed by atoms with van der Waals surface area (Å²) in [5.41, 5.74) is 5.51. The van der Waals surface area contributed by atoms with Gasteiger partial charge in [-0.25, -0.2) is 4.79 Å². The maximum Gasteiger partial charge on any atom is 0.336 e. The van der Waals surface area contributed by atoms with E-state index in [1.54, 1.807) is 6.92 Å². The summed E-state index contributed by atoms with van der Waals surface area (Å²) in [4.78, 5) is 10.9. The molecule has 5 heteroatoms. The van der Waals surface area contributed by atoms with Crippen molar-refractivity contribution < 1.29 is 14.6 Å². The highest BCUT2D eigenvalue weighted by molar-refractivity contribution is 5.85. The first-order valence-electron chi connectivity index (χ1n) is 4.23. The van der Waals surface area contributed by atoms with E-state index in [9.17, 15) is 9.90 Å². The van der Waals surface area contributed by atoms with Gasteiger partial charge < -0.3 is 15.6 Å². The molecule has 0 bridgehead atoms. The molecule has 0 aromatic carbocycles. The molecule has 0 saturated carbocycles. The number of carbonyl (C=O) groups is 1. The van der Waals surface area contributed by atoms with Gasteiger partial charge in [-0.2, -0.15) is 0 Å². The number of hydrogen-bond donors (Lipinski definition) is 2. The van der Waals surface area contributed by atoms with Crippen LogP contribution in [0.15, 0.2) is 0 Å². The second-order valence-electron chi connectivity index (χ2n) is 2.65. The molecule has 0 aromatic heterocycles. The lowest BCUT2D eigenvalue weighted by molar-refractivity contribution is -0.154. The standard InChI is InChI=1S/C8H17NO3.ClH/c1-3-5-6(9)7(10)8(11)12-4-2;/h6-7,10H,3-5,9H2,1-2H3;1H/t6-,7?;/m0./s1. The van der Waals surface area contributed by atoms with Crippen molar-refractivity contribution in [2.24, 2.45) is 5.73 Å². The monoisotopic (exact) mass is 211 g/mol. The van der Waals surface area contributed by atoms with E-state index in [1.807, 2.05) is 6.92 Å². The van der Waals surface area contributed by atoms with Gasteiger partial charge in [0.15, 0.2) is 6.10 Å². The number of hydrogen-bond acceptors (Lipinski definition) is 4. The molecule has 0 amide bonds. The van der Waals surface area contributed by atoms with Crippen LogP contribution in [0.2, 0.25) is 0 Å². The lowest BCUT2D eigenvalue weighted by Gasteiger charge is -2.15. The Kier molecular flexibility index (Phi) is 9.67. The molecular formula is C8H18ClNO3. The third-order valence-corrected chi connectivity index (χ3v) is 1.56. The van der Waals surface area contributed by atoms with Gasteiger partial charge in [0.1, 0.15) is 0 Å². The fraction of sp³-hybridized carbons (Fsp3) is 0.875. The molecule has 0 rings (SSSR count). The average Bonchev–Trinajstić information content (AvgIpc) is 2.04. The van der Waals surface area contributed by atoms with Crippen LogP contribution in [0, 0.1) is 0 Å². The van der Waals surface area contributed by atoms with Gasteiger partial charge in [0.2, 0.25) is 0 Å². The summed E-state index contributed by atoms with van der Waals surface area (Å²) in [7, 11) is 0. The predicted octanol–water partition coefficient (Wildman–Crippen LogP) is 0.460. The van der Waals surface area contributed by atoms with Crippen molar-refractivity contribution >= 4 is 18.4 Å². The zero-order valence-corrected chi connectivity index (χ0v) is 8.84. The van der Waals surface area contributed by atoms with Crippen LogP contribution in [0.25, 0.3) is 0 Å². The molecule has 0 aliphatic carbocycles. The molecule has 0 fully saturated rings. The van der Waals surface area contributed by atoms with E-state index in [0.29, 0.717) is 6.42 Å². The molecule has 0 spiro atoms. The molecular weight excluding hydrogens is 194 g/mol. The van der Waals surface area contributed by atoms with Crippen LogP contribution < -0.4 is 5.73 Å². The highest BCUT2D eigenvalue weighted by Crippen LogP contribution is 2.01. The van der Waals surface area contributed by atoms with Crippen LogP contribution in [0.4, 0.5) is 0 Å². The summed E-state index contributed by atoms with van der Waals surface area (Å²) in [6, 6.07) is -0.506. The van der Waals surface area contributed by atoms with Crippen LogP contribution >= 0.6 is 12.4 Å². The zero-order chi connectivity index (χ0) is 9.56. The largest absolute Gasteiger partial charge is 0.464 e. The third kappa shape index (κ3) is 5.85. The second-order valence-corrected chi connectivity index (χ2v) is 2.65. The fourth-order valence-corrected chi connectivity index (χ4v) is 0.894. The lowest BCUT2D eigenvalue weighted by Crippen LogP contribution is -2.41. The van der Waals surface area contributed by atoms with E-state index in [2.05, 4.69) is 4.74 Å². The van der Waals surface area contributed by atoms with Gasteiger partial charge >= 0.3 is 5.97 Å². The number of rotatable bonds is 5. The number of nitrogens with two attached hydrogens (primary N) is 1. The number of aliphatic hydroxyl groups is 1. The van der Waals surface area contributed by atoms with Crippen molar-refractivity contribution in [1.82, 2.24) is 0 Å². The molecule has 80 valence electrons. The SMILES string of the molecule is CCC[C@H](N)C(O)C(=O)OCC.Cl. The number of halogens is 1. The molecule has 0 aliphatic rings. The van der Waals surface area contributed by atoms with E-state index in [1.165, 1.54) is 0 Å². The fourth-order valence-electron chi connectivity index (χ4n) is 0.894. The Bertz CT molecular complexity index is 143. The molecule has 0 radical (unpaired) electrons. The zero-order valence-electron chi connectivity index (χ0n) is 8.03. The van der Waals surface area contributed by atoms with Crippen molar-refractivity contribution in [1.29, 1.82) is 0 Å². The predicted molar refractivity (Wildman–Crippen MR) is 52.8 cm³/mol. The smallest absolute Gasteiger partial charge is 0.336 e. The van der Waals surface area contributed by atoms with Crippen molar-refractivity contribution in [2.75, 3.05) is 6.61 Å². The van der Waals surface area contributed by atoms with E-state index in [-0.39, 0.29) is 19.0 Å². The third-order valence-electron chi connectivity index (χ3n) is 1.56. The average molecular weight is 212 g/mol. The quantitative estimate of drug-likeness (QED) is 0.648. The first-order valence-corrected chi connectivity index (χ1v) is 4.23. The Morgan fingerprint density at radius 3 is 2.46 bits per heavy atom. The molecule has 2 atom stereocenters. The van der Waals surface area contributed by atoms with Crippen LogP contribution in [0.5, 0.6) is 0 Å². The summed E-state index contributed by atoms with van der Waals surface area (Å²) in [5.74, 6) is -0.626. The Morgan fingerprint density at radius 1 is 1.54 bits per heavy atom. The summed E-state index contributed by atoms with van der Waals surface area (Å²) in [5, 5.41) is 9.25. The number of ether oxygens (including phenoxy) is 1. The van der Waals surface area contributed by atoms with Gasteiger partial charge in [-0.05, 0) is 13.3 Å². The molecule has 3 N–H and O–H groups in total. The van der Waals surface area contributed by atoms with Gasteiger partial charge in [-0.3, -0.25) is 0 Å². The Hall–Kier alpha value is -0.320. The minimum atomic E-state index is -1.18. The minimum Gasteiger partial charge on any atom is -0.464 e. The van der Waals surface area contributed by atoms with Crippen molar-refractivity contribution in [3.05, 3.63) is 0 Å². The highest BCUT2D eigenvalue weighted by Gasteiger charge is 2.22. The summed E-state index contributed by atoms with van der Waals surface area (Å²) >= 11 is 0. The maximum absolute atomic E-state index is 10.9. The molecule has 13 heavy (non-hydrogen) atoms. The lowest BCUT2D eigenvalue weighted by atomic mass is 10.1. The van der Waals surface area contributed by atoms with Crippen LogP contribution in [0.3, 0.4) is 0 Å². The second kappa shape index (κ2) is 8.29. The van der Waals surface area contributed by atoms with Crippen LogP contribution in [0.1, 0.15) is 26.7 Å². The van der Waals surface area contributed by atoms with E-state index in [4.69, 9.17) is 5.73 Å². The summed E-state index contributed by atoms with van der Waals surface area (Å²) < 4.78 is 4.60. The van der Waals surface area contributed by atoms with Gasteiger partial charge in [0, 0.05) is 6.04 Å². The Morgan fingerprint density at radius 2 is 2.08 bits per heavy atom. The number of aliphatic hydroxyl groups excluding tert-OH is 1. The first kappa shape index (κ1) is 15.2. The number of carbonyl (C=O) groups excluding carboxylic acids is 1. The van der Waals surface area contributed by atoms with E-state index < -0.39 is 18.1 Å². The molecule has 1 unspecified atom stereocenters. The van der Waals surface area contributed by atoms with Gasteiger partial charge in [0.05, 0.1) is 6.61 Å². The van der Waals surface area contributed by atoms with Crippen LogP contribution in [-0.2, 0) is 9.53 Å². The summed E-state index contributed by atoms with van der Waals surface area (Å²) in [6.45, 7) is 3.91. The van der Waals surface area contributed by atoms with Gasteiger partial charge in [-0.15, -0.1) is 12.4 Å². The first-order chi connectivity index (χ1) is 5.63. The van der Waals surface area contributed by atoms with Crippen molar-refractivity contribution in [3.8, 4) is 0 Å². The van der Waals surface area contributed by atoms with Crippen molar-refractivity contribution in [3.63, 3.8) is 0 Å². The Labute approximate surface area is 84.9 Å². The van der Waals surface area contributed by atoms with E-state index in [0.717, 1.165) is 6.42 Å². The molecule has 4 nitrogen and oxygen atoms in total. The highest BCUT2D eigenvalue weighted by atomic mass is 35.5. The molecule has 0 heterocycles. The minimum absolute atomic E-state index is 0. The molecule has 0 aliphatic heterocycles. The van der Waals surface area contributed by atoms with Crippen LogP contribution in [-0.4, -0.2) is 29.8 Å². The van der Waals surface area contributed by atoms with E-state index >= 15 is 0 Å². The van der Waals surface area contributed by atoms with Crippen molar-refractivity contribution in [2.45, 2.75) is 38.8 Å². The van der Waals surface area contributed by atoms with Gasteiger partial charge in [0.25, 0.3) is 0 Å². The normalized spacial score (nSPS) is 14.2.